The van der Waals surface area contributed by atoms with Gasteiger partial charge >= 0.3 is 0 Å². The number of hydrogen-bond donors (Lipinski definition) is 2. The number of hydrogen-bond acceptors (Lipinski definition) is 2. The third kappa shape index (κ3) is 1.88. The number of nitrogen functional groups attached to an aromatic ring is 1. The van der Waals surface area contributed by atoms with Gasteiger partial charge in [0.1, 0.15) is 0 Å². The summed E-state index contributed by atoms with van der Waals surface area (Å²) in [7, 11) is 0. The quantitative estimate of drug-likeness (QED) is 0.739. The van der Waals surface area contributed by atoms with Crippen molar-refractivity contribution in [2.75, 3.05) is 5.73 Å². The molecule has 1 aliphatic rings. The monoisotopic (exact) mass is 245 g/mol. The van der Waals surface area contributed by atoms with E-state index < -0.39 is 0 Å². The molecule has 0 saturated heterocycles. The second-order valence-corrected chi connectivity index (χ2v) is 4.90. The summed E-state index contributed by atoms with van der Waals surface area (Å²) in [6.07, 6.45) is 3.77. The summed E-state index contributed by atoms with van der Waals surface area (Å²) in [5.41, 5.74) is 11.3. The van der Waals surface area contributed by atoms with E-state index in [0.29, 0.717) is 11.7 Å². The molecule has 0 fully saturated rings. The summed E-state index contributed by atoms with van der Waals surface area (Å²) in [6, 6.07) is 2.23. The molecular weight excluding hydrogens is 222 g/mol. The standard InChI is InChI=1S/C13H17N3.C2H6/c1-7-4-3-5-9-6-10-12(8(2)11(7)9)13(14)16-15-10;1-2/h6-7H,3-5H2,1-2H3,(H3,14,15,16);1-2H3. The zero-order valence-electron chi connectivity index (χ0n) is 11.8. The van der Waals surface area contributed by atoms with Crippen LogP contribution in [0.1, 0.15) is 56.2 Å². The Morgan fingerprint density at radius 3 is 2.83 bits per heavy atom. The topological polar surface area (TPSA) is 54.7 Å². The van der Waals surface area contributed by atoms with Crippen LogP contribution in [0, 0.1) is 6.92 Å². The van der Waals surface area contributed by atoms with Crippen LogP contribution in [0.4, 0.5) is 5.82 Å². The molecular formula is C15H23N3. The Bertz CT molecular complexity index is 554. The van der Waals surface area contributed by atoms with Crippen molar-refractivity contribution in [1.82, 2.24) is 10.2 Å². The summed E-state index contributed by atoms with van der Waals surface area (Å²) in [5.74, 6) is 1.29. The number of benzene rings is 1. The van der Waals surface area contributed by atoms with Crippen LogP contribution >= 0.6 is 0 Å². The third-order valence-corrected chi connectivity index (χ3v) is 3.84. The SMILES string of the molecule is CC.Cc1c2c(cc3[nH]nc(N)c13)CCCC2C. The molecule has 0 bridgehead atoms. The first-order valence-electron chi connectivity index (χ1n) is 6.94. The number of anilines is 1. The molecule has 0 radical (unpaired) electrons. The summed E-state index contributed by atoms with van der Waals surface area (Å²) >= 11 is 0. The van der Waals surface area contributed by atoms with Gasteiger partial charge in [0, 0.05) is 5.39 Å². The van der Waals surface area contributed by atoms with Crippen molar-refractivity contribution in [3.8, 4) is 0 Å². The molecule has 3 nitrogen and oxygen atoms in total. The van der Waals surface area contributed by atoms with Gasteiger partial charge in [-0.2, -0.15) is 5.10 Å². The molecule has 98 valence electrons. The molecule has 1 aliphatic carbocycles. The summed E-state index contributed by atoms with van der Waals surface area (Å²) < 4.78 is 0. The van der Waals surface area contributed by atoms with Crippen LogP contribution in [-0.4, -0.2) is 10.2 Å². The molecule has 0 saturated carbocycles. The van der Waals surface area contributed by atoms with Crippen LogP contribution < -0.4 is 5.73 Å². The van der Waals surface area contributed by atoms with E-state index >= 15 is 0 Å². The molecule has 18 heavy (non-hydrogen) atoms. The van der Waals surface area contributed by atoms with Gasteiger partial charge in [0.05, 0.1) is 5.52 Å². The molecule has 3 rings (SSSR count). The minimum absolute atomic E-state index is 0.632. The highest BCUT2D eigenvalue weighted by atomic mass is 15.1. The van der Waals surface area contributed by atoms with Gasteiger partial charge in [0.15, 0.2) is 5.82 Å². The van der Waals surface area contributed by atoms with Crippen molar-refractivity contribution in [3.63, 3.8) is 0 Å². The number of aromatic nitrogens is 2. The fourth-order valence-corrected chi connectivity index (χ4v) is 3.13. The lowest BCUT2D eigenvalue weighted by atomic mass is 9.80. The third-order valence-electron chi connectivity index (χ3n) is 3.84. The molecule has 3 heteroatoms. The fourth-order valence-electron chi connectivity index (χ4n) is 3.13. The Labute approximate surface area is 109 Å². The predicted molar refractivity (Wildman–Crippen MR) is 77.9 cm³/mol. The highest BCUT2D eigenvalue weighted by molar-refractivity contribution is 5.93. The van der Waals surface area contributed by atoms with Crippen molar-refractivity contribution in [2.24, 2.45) is 0 Å². The largest absolute Gasteiger partial charge is 0.382 e. The summed E-state index contributed by atoms with van der Waals surface area (Å²) in [5, 5.41) is 8.24. The van der Waals surface area contributed by atoms with Gasteiger partial charge in [-0.25, -0.2) is 0 Å². The number of aromatic amines is 1. The van der Waals surface area contributed by atoms with E-state index in [1.165, 1.54) is 36.0 Å². The number of aryl methyl sites for hydroxylation is 2. The highest BCUT2D eigenvalue weighted by Crippen LogP contribution is 2.38. The van der Waals surface area contributed by atoms with Gasteiger partial charge in [0.25, 0.3) is 0 Å². The Kier molecular flexibility index (Phi) is 3.60. The lowest BCUT2D eigenvalue weighted by Gasteiger charge is -2.24. The minimum atomic E-state index is 0.632. The number of nitrogens with one attached hydrogen (secondary N) is 1. The number of rotatable bonds is 0. The zero-order valence-corrected chi connectivity index (χ0v) is 11.8. The maximum Gasteiger partial charge on any atom is 0.153 e. The van der Waals surface area contributed by atoms with Crippen molar-refractivity contribution in [2.45, 2.75) is 52.9 Å². The Morgan fingerprint density at radius 1 is 1.39 bits per heavy atom. The van der Waals surface area contributed by atoms with Gasteiger partial charge in [-0.3, -0.25) is 5.10 Å². The average Bonchev–Trinajstić information content (AvgIpc) is 2.74. The summed E-state index contributed by atoms with van der Waals surface area (Å²) in [6.45, 7) is 8.49. The van der Waals surface area contributed by atoms with Crippen molar-refractivity contribution < 1.29 is 0 Å². The number of nitrogens with two attached hydrogens (primary N) is 1. The Morgan fingerprint density at radius 2 is 2.11 bits per heavy atom. The average molecular weight is 245 g/mol. The molecule has 1 unspecified atom stereocenters. The van der Waals surface area contributed by atoms with E-state index in [-0.39, 0.29) is 0 Å². The molecule has 1 heterocycles. The number of fused-ring (bicyclic) bond motifs is 2. The molecule has 0 aliphatic heterocycles. The van der Waals surface area contributed by atoms with Crippen LogP contribution in [0.15, 0.2) is 6.07 Å². The normalized spacial score (nSPS) is 18.1. The van der Waals surface area contributed by atoms with Gasteiger partial charge < -0.3 is 5.73 Å². The van der Waals surface area contributed by atoms with E-state index in [4.69, 9.17) is 5.73 Å². The van der Waals surface area contributed by atoms with Gasteiger partial charge in [-0.1, -0.05) is 20.8 Å². The maximum atomic E-state index is 5.91. The van der Waals surface area contributed by atoms with Gasteiger partial charge in [-0.05, 0) is 54.9 Å². The maximum absolute atomic E-state index is 5.91. The second-order valence-electron chi connectivity index (χ2n) is 4.90. The van der Waals surface area contributed by atoms with E-state index in [1.807, 2.05) is 13.8 Å². The fraction of sp³-hybridized carbons (Fsp3) is 0.533. The first kappa shape index (κ1) is 12.9. The van der Waals surface area contributed by atoms with Crippen molar-refractivity contribution >= 4 is 16.7 Å². The number of H-pyrrole nitrogens is 1. The Balaban J connectivity index is 0.000000574. The van der Waals surface area contributed by atoms with Crippen molar-refractivity contribution in [3.05, 3.63) is 22.8 Å². The van der Waals surface area contributed by atoms with Crippen LogP contribution in [-0.2, 0) is 6.42 Å². The van der Waals surface area contributed by atoms with Gasteiger partial charge in [0.2, 0.25) is 0 Å². The molecule has 1 atom stereocenters. The molecule has 2 aromatic rings. The minimum Gasteiger partial charge on any atom is -0.382 e. The van der Waals surface area contributed by atoms with E-state index in [9.17, 15) is 0 Å². The zero-order chi connectivity index (χ0) is 13.3. The molecule has 1 aromatic heterocycles. The predicted octanol–water partition coefficient (Wildman–Crippen LogP) is 3.92. The first-order valence-corrected chi connectivity index (χ1v) is 6.94. The lowest BCUT2D eigenvalue weighted by Crippen LogP contribution is -2.09. The van der Waals surface area contributed by atoms with E-state index in [1.54, 1.807) is 0 Å². The Hall–Kier alpha value is -1.51. The van der Waals surface area contributed by atoms with Crippen LogP contribution in [0.2, 0.25) is 0 Å². The van der Waals surface area contributed by atoms with Gasteiger partial charge in [-0.15, -0.1) is 0 Å². The van der Waals surface area contributed by atoms with Crippen LogP contribution in [0.25, 0.3) is 10.9 Å². The second kappa shape index (κ2) is 5.01. The molecule has 1 aromatic carbocycles. The first-order chi connectivity index (χ1) is 8.68. The molecule has 0 amide bonds. The van der Waals surface area contributed by atoms with E-state index in [2.05, 4.69) is 30.1 Å². The lowest BCUT2D eigenvalue weighted by molar-refractivity contribution is 0.588. The van der Waals surface area contributed by atoms with Crippen LogP contribution in [0.5, 0.6) is 0 Å². The van der Waals surface area contributed by atoms with Crippen molar-refractivity contribution in [1.29, 1.82) is 0 Å². The molecule has 0 spiro atoms. The van der Waals surface area contributed by atoms with E-state index in [0.717, 1.165) is 10.9 Å². The highest BCUT2D eigenvalue weighted by Gasteiger charge is 2.21. The van der Waals surface area contributed by atoms with Crippen LogP contribution in [0.3, 0.4) is 0 Å². The molecule has 3 N–H and O–H groups in total. The number of nitrogens with zero attached hydrogens (tertiary/aromatic N) is 1. The summed E-state index contributed by atoms with van der Waals surface area (Å²) in [4.78, 5) is 0. The smallest absolute Gasteiger partial charge is 0.153 e.